The normalized spacial score (nSPS) is 11.4. The molecule has 0 aliphatic heterocycles. The second-order valence-electron chi connectivity index (χ2n) is 13.9. The number of hydrogen-bond donors (Lipinski definition) is 0. The molecule has 0 fully saturated rings. The van der Waals surface area contributed by atoms with Gasteiger partial charge in [0, 0.05) is 38.6 Å². The van der Waals surface area contributed by atoms with Crippen molar-refractivity contribution in [1.82, 2.24) is 19.9 Å². The van der Waals surface area contributed by atoms with Crippen molar-refractivity contribution in [3.05, 3.63) is 194 Å². The molecule has 0 saturated heterocycles. The molecule has 0 amide bonds. The fourth-order valence-electron chi connectivity index (χ4n) is 7.55. The van der Waals surface area contributed by atoms with Gasteiger partial charge < -0.3 is 0 Å². The van der Waals surface area contributed by atoms with Gasteiger partial charge in [-0.2, -0.15) is 0 Å². The molecule has 0 spiro atoms. The highest BCUT2D eigenvalue weighted by atomic mass is 14.9. The molecule has 258 valence electrons. The zero-order valence-corrected chi connectivity index (χ0v) is 30.2. The van der Waals surface area contributed by atoms with Gasteiger partial charge in [0.1, 0.15) is 0 Å². The fourth-order valence-corrected chi connectivity index (χ4v) is 7.55. The molecule has 0 bridgehead atoms. The van der Waals surface area contributed by atoms with E-state index in [-0.39, 0.29) is 0 Å². The van der Waals surface area contributed by atoms with E-state index in [1.54, 1.807) is 0 Å². The molecule has 7 aromatic carbocycles. The topological polar surface area (TPSA) is 51.6 Å². The molecule has 0 N–H and O–H groups in total. The van der Waals surface area contributed by atoms with Gasteiger partial charge in [-0.1, -0.05) is 164 Å². The van der Waals surface area contributed by atoms with Crippen LogP contribution in [0.1, 0.15) is 5.56 Å². The standard InChI is InChI=1S/C51H34N4/c1-33-30-48(44-21-11-17-36-14-8-9-20-43(36)44)53-50-42(33)28-26-38-27-29-45(52-49(38)50)40-18-10-19-41(31-40)47-32-46(54-51(55-47)39-15-6-3-7-16-39)37-24-22-35(23-25-37)34-12-4-2-5-13-34/h2-32H,1H3. The molecule has 0 radical (unpaired) electrons. The maximum absolute atomic E-state index is 5.31. The average Bonchev–Trinajstić information content (AvgIpc) is 3.26. The van der Waals surface area contributed by atoms with Gasteiger partial charge in [-0.25, -0.2) is 19.9 Å². The Morgan fingerprint density at radius 2 is 0.891 bits per heavy atom. The number of aromatic nitrogens is 4. The molecule has 10 aromatic rings. The van der Waals surface area contributed by atoms with Crippen LogP contribution in [0.2, 0.25) is 0 Å². The Bertz CT molecular complexity index is 3020. The number of fused-ring (bicyclic) bond motifs is 4. The molecule has 0 saturated carbocycles. The SMILES string of the molecule is Cc1cc(-c2cccc3ccccc23)nc2c1ccc1ccc(-c3cccc(-c4cc(-c5ccc(-c6ccccc6)cc5)nc(-c5ccccc5)n4)c3)nc12. The van der Waals surface area contributed by atoms with E-state index in [2.05, 4.69) is 171 Å². The van der Waals surface area contributed by atoms with Crippen LogP contribution in [-0.2, 0) is 0 Å². The molecule has 0 aliphatic carbocycles. The summed E-state index contributed by atoms with van der Waals surface area (Å²) in [6.45, 7) is 2.16. The van der Waals surface area contributed by atoms with Crippen LogP contribution >= 0.6 is 0 Å². The van der Waals surface area contributed by atoms with Gasteiger partial charge in [0.2, 0.25) is 0 Å². The summed E-state index contributed by atoms with van der Waals surface area (Å²) in [5.41, 5.74) is 14.0. The van der Waals surface area contributed by atoms with E-state index in [0.29, 0.717) is 5.82 Å². The van der Waals surface area contributed by atoms with E-state index in [0.717, 1.165) is 72.4 Å². The van der Waals surface area contributed by atoms with E-state index < -0.39 is 0 Å². The Morgan fingerprint density at radius 3 is 1.69 bits per heavy atom. The quantitative estimate of drug-likeness (QED) is 0.162. The molecule has 55 heavy (non-hydrogen) atoms. The van der Waals surface area contributed by atoms with Gasteiger partial charge in [-0.15, -0.1) is 0 Å². The van der Waals surface area contributed by atoms with Crippen molar-refractivity contribution < 1.29 is 0 Å². The molecule has 3 heterocycles. The average molecular weight is 703 g/mol. The van der Waals surface area contributed by atoms with Crippen LogP contribution in [0.15, 0.2) is 188 Å². The minimum atomic E-state index is 0.685. The van der Waals surface area contributed by atoms with Crippen LogP contribution < -0.4 is 0 Å². The first-order valence-electron chi connectivity index (χ1n) is 18.6. The van der Waals surface area contributed by atoms with E-state index in [4.69, 9.17) is 19.9 Å². The zero-order chi connectivity index (χ0) is 36.7. The van der Waals surface area contributed by atoms with Gasteiger partial charge in [-0.05, 0) is 58.7 Å². The third-order valence-corrected chi connectivity index (χ3v) is 10.4. The Kier molecular flexibility index (Phi) is 8.00. The lowest BCUT2D eigenvalue weighted by Gasteiger charge is -2.12. The Labute approximate surface area is 319 Å². The molecule has 4 nitrogen and oxygen atoms in total. The summed E-state index contributed by atoms with van der Waals surface area (Å²) in [5.74, 6) is 0.685. The minimum Gasteiger partial charge on any atom is -0.245 e. The van der Waals surface area contributed by atoms with Crippen molar-refractivity contribution in [3.63, 3.8) is 0 Å². The molecule has 0 atom stereocenters. The van der Waals surface area contributed by atoms with Crippen molar-refractivity contribution in [2.45, 2.75) is 6.92 Å². The fraction of sp³-hybridized carbons (Fsp3) is 0.0196. The van der Waals surface area contributed by atoms with Crippen molar-refractivity contribution in [2.75, 3.05) is 0 Å². The Morgan fingerprint density at radius 1 is 0.309 bits per heavy atom. The second kappa shape index (κ2) is 13.6. The molecular weight excluding hydrogens is 669 g/mol. The highest BCUT2D eigenvalue weighted by molar-refractivity contribution is 6.06. The summed E-state index contributed by atoms with van der Waals surface area (Å²) in [7, 11) is 0. The third kappa shape index (κ3) is 6.10. The number of rotatable bonds is 6. The summed E-state index contributed by atoms with van der Waals surface area (Å²) in [4.78, 5) is 20.8. The van der Waals surface area contributed by atoms with Crippen molar-refractivity contribution in [3.8, 4) is 67.5 Å². The lowest BCUT2D eigenvalue weighted by atomic mass is 9.98. The predicted molar refractivity (Wildman–Crippen MR) is 227 cm³/mol. The number of hydrogen-bond acceptors (Lipinski definition) is 4. The van der Waals surface area contributed by atoms with Crippen LogP contribution in [-0.4, -0.2) is 19.9 Å². The molecule has 0 unspecified atom stereocenters. The molecule has 10 rings (SSSR count). The van der Waals surface area contributed by atoms with E-state index in [9.17, 15) is 0 Å². The van der Waals surface area contributed by atoms with Gasteiger partial charge >= 0.3 is 0 Å². The summed E-state index contributed by atoms with van der Waals surface area (Å²) < 4.78 is 0. The first kappa shape index (κ1) is 32.4. The molecule has 3 aromatic heterocycles. The number of nitrogens with zero attached hydrogens (tertiary/aromatic N) is 4. The number of benzene rings is 7. The summed E-state index contributed by atoms with van der Waals surface area (Å²) in [6.07, 6.45) is 0. The van der Waals surface area contributed by atoms with Crippen molar-refractivity contribution in [1.29, 1.82) is 0 Å². The maximum Gasteiger partial charge on any atom is 0.160 e. The lowest BCUT2D eigenvalue weighted by molar-refractivity contribution is 1.18. The summed E-state index contributed by atoms with van der Waals surface area (Å²) in [6, 6.07) is 65.5. The smallest absolute Gasteiger partial charge is 0.160 e. The Hall–Kier alpha value is -7.30. The van der Waals surface area contributed by atoms with Crippen molar-refractivity contribution >= 4 is 32.6 Å². The molecular formula is C51H34N4. The van der Waals surface area contributed by atoms with Gasteiger partial charge in [0.25, 0.3) is 0 Å². The summed E-state index contributed by atoms with van der Waals surface area (Å²) >= 11 is 0. The van der Waals surface area contributed by atoms with Crippen LogP contribution in [0.3, 0.4) is 0 Å². The molecule has 4 heteroatoms. The van der Waals surface area contributed by atoms with E-state index in [1.807, 2.05) is 24.3 Å². The van der Waals surface area contributed by atoms with Crippen molar-refractivity contribution in [2.24, 2.45) is 0 Å². The highest BCUT2D eigenvalue weighted by Crippen LogP contribution is 2.35. The number of pyridine rings is 2. The predicted octanol–water partition coefficient (Wildman–Crippen LogP) is 13.0. The van der Waals surface area contributed by atoms with Crippen LogP contribution in [0, 0.1) is 6.92 Å². The maximum atomic E-state index is 5.31. The highest BCUT2D eigenvalue weighted by Gasteiger charge is 2.15. The molecule has 0 aliphatic rings. The lowest BCUT2D eigenvalue weighted by Crippen LogP contribution is -1.96. The van der Waals surface area contributed by atoms with Crippen LogP contribution in [0.25, 0.3) is 100 Å². The van der Waals surface area contributed by atoms with Crippen LogP contribution in [0.4, 0.5) is 0 Å². The Balaban J connectivity index is 1.08. The number of aryl methyl sites for hydroxylation is 1. The van der Waals surface area contributed by atoms with Gasteiger partial charge in [0.15, 0.2) is 5.82 Å². The second-order valence-corrected chi connectivity index (χ2v) is 13.9. The third-order valence-electron chi connectivity index (χ3n) is 10.4. The van der Waals surface area contributed by atoms with Gasteiger partial charge in [-0.3, -0.25) is 0 Å². The van der Waals surface area contributed by atoms with E-state index in [1.165, 1.54) is 27.5 Å². The summed E-state index contributed by atoms with van der Waals surface area (Å²) in [5, 5.41) is 4.55. The van der Waals surface area contributed by atoms with Crippen LogP contribution in [0.5, 0.6) is 0 Å². The first-order chi connectivity index (χ1) is 27.1. The first-order valence-corrected chi connectivity index (χ1v) is 18.6. The minimum absolute atomic E-state index is 0.685. The monoisotopic (exact) mass is 702 g/mol. The zero-order valence-electron chi connectivity index (χ0n) is 30.2. The van der Waals surface area contributed by atoms with Gasteiger partial charge in [0.05, 0.1) is 33.8 Å². The van der Waals surface area contributed by atoms with E-state index >= 15 is 0 Å². The largest absolute Gasteiger partial charge is 0.245 e.